The summed E-state index contributed by atoms with van der Waals surface area (Å²) in [5, 5.41) is 5.53. The van der Waals surface area contributed by atoms with Crippen LogP contribution in [0.25, 0.3) is 0 Å². The van der Waals surface area contributed by atoms with Crippen molar-refractivity contribution in [3.63, 3.8) is 0 Å². The van der Waals surface area contributed by atoms with Gasteiger partial charge in [0, 0.05) is 6.54 Å². The highest BCUT2D eigenvalue weighted by molar-refractivity contribution is 7.80. The van der Waals surface area contributed by atoms with E-state index in [1.54, 1.807) is 0 Å². The molecule has 0 unspecified atom stereocenters. The first kappa shape index (κ1) is 13.2. The molecular formula is C7H13N3O2S2. The van der Waals surface area contributed by atoms with Crippen molar-refractivity contribution in [3.05, 3.63) is 0 Å². The Hall–Kier alpha value is -0.790. The Kier molecular flexibility index (Phi) is 7.17. The van der Waals surface area contributed by atoms with Gasteiger partial charge in [0.25, 0.3) is 0 Å². The molecule has 0 aromatic heterocycles. The quantitative estimate of drug-likeness (QED) is 0.415. The Bertz CT molecular complexity index is 211. The molecule has 5 nitrogen and oxygen atoms in total. The molecule has 0 fully saturated rings. The van der Waals surface area contributed by atoms with Gasteiger partial charge in [-0.2, -0.15) is 0 Å². The van der Waals surface area contributed by atoms with Gasteiger partial charge in [0.2, 0.25) is 0 Å². The summed E-state index contributed by atoms with van der Waals surface area (Å²) in [4.78, 5) is 11.7. The van der Waals surface area contributed by atoms with Crippen LogP contribution in [0.15, 0.2) is 0 Å². The van der Waals surface area contributed by atoms with E-state index in [0.29, 0.717) is 16.5 Å². The highest BCUT2D eigenvalue weighted by Gasteiger charge is 2.01. The monoisotopic (exact) mass is 235 g/mol. The fraction of sp³-hybridized carbons (Fsp3) is 0.571. The topological polar surface area (TPSA) is 76.4 Å². The molecule has 4 N–H and O–H groups in total. The fourth-order valence-electron chi connectivity index (χ4n) is 0.556. The molecule has 80 valence electrons. The first-order valence-electron chi connectivity index (χ1n) is 3.90. The van der Waals surface area contributed by atoms with Crippen molar-refractivity contribution in [2.24, 2.45) is 5.73 Å². The van der Waals surface area contributed by atoms with Crippen LogP contribution in [-0.4, -0.2) is 42.7 Å². The van der Waals surface area contributed by atoms with Gasteiger partial charge >= 0.3 is 5.97 Å². The highest BCUT2D eigenvalue weighted by Crippen LogP contribution is 1.75. The Labute approximate surface area is 93.4 Å². The van der Waals surface area contributed by atoms with Crippen LogP contribution < -0.4 is 16.4 Å². The van der Waals surface area contributed by atoms with Gasteiger partial charge in [-0.05, 0) is 0 Å². The lowest BCUT2D eigenvalue weighted by Gasteiger charge is -2.08. The smallest absolute Gasteiger partial charge is 0.325 e. The minimum absolute atomic E-state index is 0.0619. The lowest BCUT2D eigenvalue weighted by Crippen LogP contribution is -2.39. The van der Waals surface area contributed by atoms with E-state index in [0.717, 1.165) is 0 Å². The lowest BCUT2D eigenvalue weighted by atomic mass is 10.5. The number of carbonyl (C=O) groups is 1. The van der Waals surface area contributed by atoms with Gasteiger partial charge < -0.3 is 21.1 Å². The molecule has 0 rings (SSSR count). The van der Waals surface area contributed by atoms with E-state index < -0.39 is 0 Å². The standard InChI is InChI=1S/C7H13N3O2S2/c1-12-7(11)4-10-6(14)3-9-5(13)2-8/h2-4,8H2,1H3,(H,9,13)(H,10,14). The fourth-order valence-corrected chi connectivity index (χ4v) is 0.773. The molecule has 0 aliphatic carbocycles. The molecule has 0 saturated heterocycles. The van der Waals surface area contributed by atoms with Crippen molar-refractivity contribution < 1.29 is 9.53 Å². The molecule has 0 aliphatic heterocycles. The van der Waals surface area contributed by atoms with Gasteiger partial charge in [-0.3, -0.25) is 4.79 Å². The maximum absolute atomic E-state index is 10.7. The normalized spacial score (nSPS) is 9.00. The van der Waals surface area contributed by atoms with E-state index in [4.69, 9.17) is 30.2 Å². The molecular weight excluding hydrogens is 222 g/mol. The summed E-state index contributed by atoms with van der Waals surface area (Å²) in [5.74, 6) is -0.367. The van der Waals surface area contributed by atoms with Gasteiger partial charge in [-0.25, -0.2) is 0 Å². The first-order chi connectivity index (χ1) is 6.60. The van der Waals surface area contributed by atoms with Crippen molar-refractivity contribution in [1.29, 1.82) is 0 Å². The van der Waals surface area contributed by atoms with Gasteiger partial charge in [0.15, 0.2) is 0 Å². The molecule has 0 atom stereocenters. The van der Waals surface area contributed by atoms with Crippen LogP contribution in [0.2, 0.25) is 0 Å². The lowest BCUT2D eigenvalue weighted by molar-refractivity contribution is -0.139. The molecule has 0 aromatic rings. The summed E-state index contributed by atoms with van der Waals surface area (Å²) in [7, 11) is 1.31. The summed E-state index contributed by atoms with van der Waals surface area (Å²) in [6.45, 7) is 0.726. The zero-order valence-corrected chi connectivity index (χ0v) is 9.46. The molecule has 0 aromatic carbocycles. The second-order valence-electron chi connectivity index (χ2n) is 2.33. The average molecular weight is 235 g/mol. The zero-order valence-electron chi connectivity index (χ0n) is 7.83. The summed E-state index contributed by atoms with van der Waals surface area (Å²) in [6.07, 6.45) is 0. The Balaban J connectivity index is 3.56. The molecule has 0 heterocycles. The second kappa shape index (κ2) is 7.60. The highest BCUT2D eigenvalue weighted by atomic mass is 32.1. The number of thiocarbonyl (C=S) groups is 2. The largest absolute Gasteiger partial charge is 0.468 e. The van der Waals surface area contributed by atoms with Crippen LogP contribution in [0.4, 0.5) is 0 Å². The van der Waals surface area contributed by atoms with Gasteiger partial charge in [-0.1, -0.05) is 24.4 Å². The van der Waals surface area contributed by atoms with Crippen LogP contribution in [-0.2, 0) is 9.53 Å². The minimum atomic E-state index is -0.367. The summed E-state index contributed by atoms with van der Waals surface area (Å²) in [6, 6.07) is 0. The number of esters is 1. The van der Waals surface area contributed by atoms with Crippen molar-refractivity contribution in [2.45, 2.75) is 0 Å². The predicted molar refractivity (Wildman–Crippen MR) is 62.3 cm³/mol. The number of rotatable bonds is 5. The number of nitrogens with one attached hydrogen (secondary N) is 2. The SMILES string of the molecule is COC(=O)CNC(=S)CNC(=S)CN. The minimum Gasteiger partial charge on any atom is -0.468 e. The molecule has 0 radical (unpaired) electrons. The van der Waals surface area contributed by atoms with Crippen molar-refractivity contribution in [2.75, 3.05) is 26.7 Å². The van der Waals surface area contributed by atoms with Crippen LogP contribution in [0.1, 0.15) is 0 Å². The third-order valence-electron chi connectivity index (χ3n) is 1.29. The van der Waals surface area contributed by atoms with Gasteiger partial charge in [-0.15, -0.1) is 0 Å². The van der Waals surface area contributed by atoms with Crippen molar-refractivity contribution in [1.82, 2.24) is 10.6 Å². The van der Waals surface area contributed by atoms with Gasteiger partial charge in [0.1, 0.15) is 6.54 Å². The zero-order chi connectivity index (χ0) is 11.0. The van der Waals surface area contributed by atoms with E-state index in [1.165, 1.54) is 7.11 Å². The maximum atomic E-state index is 10.7. The van der Waals surface area contributed by atoms with Crippen molar-refractivity contribution >= 4 is 40.4 Å². The number of ether oxygens (including phenoxy) is 1. The number of hydrogen-bond donors (Lipinski definition) is 3. The predicted octanol–water partition coefficient (Wildman–Crippen LogP) is -1.05. The van der Waals surface area contributed by atoms with E-state index >= 15 is 0 Å². The average Bonchev–Trinajstić information content (AvgIpc) is 2.22. The molecule has 0 saturated carbocycles. The third-order valence-corrected chi connectivity index (χ3v) is 1.89. The molecule has 7 heteroatoms. The first-order valence-corrected chi connectivity index (χ1v) is 4.72. The van der Waals surface area contributed by atoms with Crippen LogP contribution >= 0.6 is 24.4 Å². The Morgan fingerprint density at radius 1 is 1.29 bits per heavy atom. The van der Waals surface area contributed by atoms with Crippen LogP contribution in [0.5, 0.6) is 0 Å². The van der Waals surface area contributed by atoms with Crippen molar-refractivity contribution in [3.8, 4) is 0 Å². The molecule has 0 amide bonds. The molecule has 0 bridgehead atoms. The number of hydrogen-bond acceptors (Lipinski definition) is 5. The molecule has 0 spiro atoms. The molecule has 0 aliphatic rings. The molecule has 14 heavy (non-hydrogen) atoms. The summed E-state index contributed by atoms with van der Waals surface area (Å²) < 4.78 is 4.42. The van der Waals surface area contributed by atoms with E-state index in [2.05, 4.69) is 15.4 Å². The van der Waals surface area contributed by atoms with E-state index in [9.17, 15) is 4.79 Å². The third kappa shape index (κ3) is 6.70. The van der Waals surface area contributed by atoms with Gasteiger partial charge in [0.05, 0.1) is 23.6 Å². The number of carbonyl (C=O) groups excluding carboxylic acids is 1. The van der Waals surface area contributed by atoms with E-state index in [1.807, 2.05) is 0 Å². The van der Waals surface area contributed by atoms with Crippen LogP contribution in [0, 0.1) is 0 Å². The number of nitrogens with two attached hydrogens (primary N) is 1. The summed E-state index contributed by atoms with van der Waals surface area (Å²) in [5.41, 5.74) is 5.26. The van der Waals surface area contributed by atoms with E-state index in [-0.39, 0.29) is 19.1 Å². The van der Waals surface area contributed by atoms with Crippen LogP contribution in [0.3, 0.4) is 0 Å². The number of methoxy groups -OCH3 is 1. The maximum Gasteiger partial charge on any atom is 0.325 e. The Morgan fingerprint density at radius 3 is 2.36 bits per heavy atom. The summed E-state index contributed by atoms with van der Waals surface area (Å²) >= 11 is 9.72. The second-order valence-corrected chi connectivity index (χ2v) is 3.32. The Morgan fingerprint density at radius 2 is 1.86 bits per heavy atom.